The maximum Gasteiger partial charge on any atom is 0.245 e. The lowest BCUT2D eigenvalue weighted by atomic mass is 9.87. The topological polar surface area (TPSA) is 66.5 Å². The summed E-state index contributed by atoms with van der Waals surface area (Å²) in [7, 11) is -3.60. The number of anilines is 2. The van der Waals surface area contributed by atoms with E-state index in [0.717, 1.165) is 20.6 Å². The number of carbonyl (C=O) groups excluding carboxylic acids is 1. The molecule has 2 aromatic rings. The molecule has 140 valence electrons. The van der Waals surface area contributed by atoms with Crippen LogP contribution in [0.2, 0.25) is 0 Å². The molecule has 0 radical (unpaired) electrons. The molecule has 0 heterocycles. The van der Waals surface area contributed by atoms with E-state index < -0.39 is 15.9 Å². The highest BCUT2D eigenvalue weighted by Crippen LogP contribution is 2.26. The monoisotopic (exact) mass is 438 g/mol. The zero-order valence-corrected chi connectivity index (χ0v) is 17.7. The van der Waals surface area contributed by atoms with Crippen molar-refractivity contribution in [3.63, 3.8) is 0 Å². The van der Waals surface area contributed by atoms with Gasteiger partial charge in [-0.1, -0.05) is 45.0 Å². The molecule has 0 aliphatic rings. The Morgan fingerprint density at radius 2 is 1.65 bits per heavy atom. The number of hydrogen-bond acceptors (Lipinski definition) is 3. The van der Waals surface area contributed by atoms with Crippen molar-refractivity contribution in [2.45, 2.75) is 26.2 Å². The fraction of sp³-hybridized carbons (Fsp3) is 0.316. The second-order valence-electron chi connectivity index (χ2n) is 7.09. The summed E-state index contributed by atoms with van der Waals surface area (Å²) in [6.45, 7) is 5.96. The van der Waals surface area contributed by atoms with E-state index in [-0.39, 0.29) is 12.0 Å². The summed E-state index contributed by atoms with van der Waals surface area (Å²) < 4.78 is 26.2. The number of rotatable bonds is 5. The van der Waals surface area contributed by atoms with Gasteiger partial charge in [0.2, 0.25) is 15.9 Å². The van der Waals surface area contributed by atoms with E-state index in [1.54, 1.807) is 30.3 Å². The van der Waals surface area contributed by atoms with Crippen LogP contribution in [0.5, 0.6) is 0 Å². The largest absolute Gasteiger partial charge is 0.323 e. The minimum atomic E-state index is -3.60. The molecule has 0 aromatic heterocycles. The van der Waals surface area contributed by atoms with E-state index >= 15 is 0 Å². The molecular weight excluding hydrogens is 416 g/mol. The Labute approximate surface area is 163 Å². The van der Waals surface area contributed by atoms with E-state index in [9.17, 15) is 13.2 Å². The van der Waals surface area contributed by atoms with Gasteiger partial charge in [-0.3, -0.25) is 9.10 Å². The molecule has 0 atom stereocenters. The lowest BCUT2D eigenvalue weighted by molar-refractivity contribution is -0.114. The molecular formula is C19H23BrN2O3S. The molecule has 2 rings (SSSR count). The van der Waals surface area contributed by atoms with Gasteiger partial charge in [0.15, 0.2) is 0 Å². The second kappa shape index (κ2) is 7.80. The Morgan fingerprint density at radius 1 is 1.08 bits per heavy atom. The first-order chi connectivity index (χ1) is 12.0. The van der Waals surface area contributed by atoms with E-state index in [0.29, 0.717) is 11.4 Å². The van der Waals surface area contributed by atoms with Crippen molar-refractivity contribution < 1.29 is 13.2 Å². The summed E-state index contributed by atoms with van der Waals surface area (Å²) in [5.74, 6) is -0.415. The Hall–Kier alpha value is -1.86. The first kappa shape index (κ1) is 20.5. The van der Waals surface area contributed by atoms with Crippen molar-refractivity contribution in [3.05, 3.63) is 58.6 Å². The van der Waals surface area contributed by atoms with Gasteiger partial charge in [0, 0.05) is 4.47 Å². The van der Waals surface area contributed by atoms with E-state index in [1.165, 1.54) is 0 Å². The van der Waals surface area contributed by atoms with Crippen LogP contribution in [-0.2, 0) is 20.2 Å². The van der Waals surface area contributed by atoms with Crippen LogP contribution in [0.3, 0.4) is 0 Å². The zero-order valence-electron chi connectivity index (χ0n) is 15.3. The molecule has 0 spiro atoms. The zero-order chi connectivity index (χ0) is 19.5. The molecule has 0 saturated heterocycles. The molecule has 5 nitrogen and oxygen atoms in total. The number of hydrogen-bond donors (Lipinski definition) is 1. The number of carbonyl (C=O) groups is 1. The van der Waals surface area contributed by atoms with Gasteiger partial charge in [-0.25, -0.2) is 8.42 Å². The van der Waals surface area contributed by atoms with Gasteiger partial charge in [0.1, 0.15) is 6.54 Å². The molecule has 0 fully saturated rings. The van der Waals surface area contributed by atoms with Crippen molar-refractivity contribution in [1.29, 1.82) is 0 Å². The highest BCUT2D eigenvalue weighted by Gasteiger charge is 2.22. The highest BCUT2D eigenvalue weighted by atomic mass is 79.9. The van der Waals surface area contributed by atoms with Gasteiger partial charge in [0.05, 0.1) is 17.6 Å². The molecule has 1 N–H and O–H groups in total. The van der Waals surface area contributed by atoms with Gasteiger partial charge in [-0.15, -0.1) is 0 Å². The second-order valence-corrected chi connectivity index (χ2v) is 9.86. The molecule has 1 amide bonds. The van der Waals surface area contributed by atoms with Gasteiger partial charge >= 0.3 is 0 Å². The molecule has 26 heavy (non-hydrogen) atoms. The first-order valence-corrected chi connectivity index (χ1v) is 10.8. The van der Waals surface area contributed by atoms with Gasteiger partial charge in [-0.05, 0) is 51.2 Å². The van der Waals surface area contributed by atoms with Crippen LogP contribution in [-0.4, -0.2) is 27.1 Å². The summed E-state index contributed by atoms with van der Waals surface area (Å²) in [6, 6.07) is 14.4. The van der Waals surface area contributed by atoms with Gasteiger partial charge in [0.25, 0.3) is 0 Å². The fourth-order valence-electron chi connectivity index (χ4n) is 2.41. The summed E-state index contributed by atoms with van der Waals surface area (Å²) >= 11 is 3.36. The van der Waals surface area contributed by atoms with Crippen LogP contribution < -0.4 is 9.62 Å². The highest BCUT2D eigenvalue weighted by molar-refractivity contribution is 9.10. The third kappa shape index (κ3) is 5.32. The standard InChI is InChI=1S/C19H23BrN2O3S/c1-19(2,3)14-9-11-15(12-10-14)22(26(4,24)25)13-18(23)21-17-8-6-5-7-16(17)20/h5-12H,13H2,1-4H3,(H,21,23). The van der Waals surface area contributed by atoms with Crippen LogP contribution in [0.25, 0.3) is 0 Å². The third-order valence-corrected chi connectivity index (χ3v) is 5.69. The predicted octanol–water partition coefficient (Wildman–Crippen LogP) is 4.15. The number of nitrogens with zero attached hydrogens (tertiary/aromatic N) is 1. The summed E-state index contributed by atoms with van der Waals surface area (Å²) in [4.78, 5) is 12.4. The molecule has 2 aromatic carbocycles. The maximum absolute atomic E-state index is 12.4. The first-order valence-electron chi connectivity index (χ1n) is 8.11. The summed E-state index contributed by atoms with van der Waals surface area (Å²) in [5.41, 5.74) is 2.11. The lowest BCUT2D eigenvalue weighted by Crippen LogP contribution is -2.37. The fourth-order valence-corrected chi connectivity index (χ4v) is 3.65. The minimum Gasteiger partial charge on any atom is -0.323 e. The average Bonchev–Trinajstić information content (AvgIpc) is 2.53. The Kier molecular flexibility index (Phi) is 6.13. The average molecular weight is 439 g/mol. The molecule has 0 aliphatic carbocycles. The minimum absolute atomic E-state index is 0.0363. The summed E-state index contributed by atoms with van der Waals surface area (Å²) in [5, 5.41) is 2.73. The molecule has 7 heteroatoms. The number of amides is 1. The van der Waals surface area contributed by atoms with Gasteiger partial charge < -0.3 is 5.32 Å². The number of halogens is 1. The van der Waals surface area contributed by atoms with Crippen LogP contribution >= 0.6 is 15.9 Å². The number of nitrogens with one attached hydrogen (secondary N) is 1. The van der Waals surface area contributed by atoms with E-state index in [1.807, 2.05) is 18.2 Å². The Balaban J connectivity index is 2.23. The Morgan fingerprint density at radius 3 is 2.15 bits per heavy atom. The van der Waals surface area contributed by atoms with Gasteiger partial charge in [-0.2, -0.15) is 0 Å². The lowest BCUT2D eigenvalue weighted by Gasteiger charge is -2.24. The van der Waals surface area contributed by atoms with Crippen molar-refractivity contribution in [2.75, 3.05) is 22.4 Å². The quantitative estimate of drug-likeness (QED) is 0.761. The van der Waals surface area contributed by atoms with Crippen LogP contribution in [0.1, 0.15) is 26.3 Å². The van der Waals surface area contributed by atoms with Crippen molar-refractivity contribution in [3.8, 4) is 0 Å². The third-order valence-electron chi connectivity index (χ3n) is 3.86. The maximum atomic E-state index is 12.4. The van der Waals surface area contributed by atoms with Crippen molar-refractivity contribution in [1.82, 2.24) is 0 Å². The van der Waals surface area contributed by atoms with Crippen LogP contribution in [0.15, 0.2) is 53.0 Å². The van der Waals surface area contributed by atoms with E-state index in [2.05, 4.69) is 42.0 Å². The number of sulfonamides is 1. The smallest absolute Gasteiger partial charge is 0.245 e. The van der Waals surface area contributed by atoms with Crippen LogP contribution in [0, 0.1) is 0 Å². The molecule has 0 aliphatic heterocycles. The summed E-state index contributed by atoms with van der Waals surface area (Å²) in [6.07, 6.45) is 1.09. The van der Waals surface area contributed by atoms with Crippen molar-refractivity contribution in [2.24, 2.45) is 0 Å². The SMILES string of the molecule is CC(C)(C)c1ccc(N(CC(=O)Nc2ccccc2Br)S(C)(=O)=O)cc1. The van der Waals surface area contributed by atoms with Crippen molar-refractivity contribution >= 4 is 43.2 Å². The Bertz CT molecular complexity index is 888. The molecule has 0 unspecified atom stereocenters. The number of para-hydroxylation sites is 1. The molecule has 0 bridgehead atoms. The predicted molar refractivity (Wildman–Crippen MR) is 110 cm³/mol. The number of benzene rings is 2. The molecule has 0 saturated carbocycles. The normalized spacial score (nSPS) is 11.9. The van der Waals surface area contributed by atoms with E-state index in [4.69, 9.17) is 0 Å². The van der Waals surface area contributed by atoms with Crippen LogP contribution in [0.4, 0.5) is 11.4 Å².